The first-order valence-electron chi connectivity index (χ1n) is 8.17. The highest BCUT2D eigenvalue weighted by atomic mass is 32.1. The lowest BCUT2D eigenvalue weighted by Crippen LogP contribution is -2.14. The predicted molar refractivity (Wildman–Crippen MR) is 102 cm³/mol. The minimum atomic E-state index is -0.366. The first-order valence-corrected chi connectivity index (χ1v) is 8.98. The number of nitrogens with zero attached hydrogens (tertiary/aromatic N) is 3. The molecule has 1 N–H and O–H groups in total. The van der Waals surface area contributed by atoms with Crippen molar-refractivity contribution in [1.82, 2.24) is 15.1 Å². The van der Waals surface area contributed by atoms with Crippen LogP contribution in [0.5, 0.6) is 0 Å². The molecule has 0 unspecified atom stereocenters. The van der Waals surface area contributed by atoms with Crippen molar-refractivity contribution in [3.8, 4) is 11.1 Å². The molecule has 3 rings (SSSR count). The first-order chi connectivity index (χ1) is 12.5. The van der Waals surface area contributed by atoms with E-state index in [-0.39, 0.29) is 11.7 Å². The molecular formula is C19H19FN4OS. The lowest BCUT2D eigenvalue weighted by Gasteiger charge is -2.09. The second kappa shape index (κ2) is 8.16. The van der Waals surface area contributed by atoms with Gasteiger partial charge in [0.2, 0.25) is 5.13 Å². The van der Waals surface area contributed by atoms with Crippen molar-refractivity contribution in [3.05, 3.63) is 64.9 Å². The van der Waals surface area contributed by atoms with Crippen molar-refractivity contribution in [1.29, 1.82) is 0 Å². The zero-order valence-electron chi connectivity index (χ0n) is 14.6. The van der Waals surface area contributed by atoms with Crippen LogP contribution in [0.3, 0.4) is 0 Å². The Bertz CT molecular complexity index is 910. The average Bonchev–Trinajstić information content (AvgIpc) is 3.08. The van der Waals surface area contributed by atoms with Crippen molar-refractivity contribution < 1.29 is 9.18 Å². The van der Waals surface area contributed by atoms with Gasteiger partial charge in [-0.2, -0.15) is 0 Å². The van der Waals surface area contributed by atoms with Gasteiger partial charge in [0.1, 0.15) is 10.8 Å². The van der Waals surface area contributed by atoms with Crippen LogP contribution in [0.4, 0.5) is 9.52 Å². The summed E-state index contributed by atoms with van der Waals surface area (Å²) in [5, 5.41) is 12.2. The van der Waals surface area contributed by atoms with Gasteiger partial charge in [0.25, 0.3) is 5.91 Å². The van der Waals surface area contributed by atoms with E-state index in [2.05, 4.69) is 20.4 Å². The summed E-state index contributed by atoms with van der Waals surface area (Å²) in [6, 6.07) is 13.3. The molecule has 0 aliphatic heterocycles. The zero-order valence-corrected chi connectivity index (χ0v) is 15.4. The molecule has 0 fully saturated rings. The Morgan fingerprint density at radius 2 is 1.77 bits per heavy atom. The summed E-state index contributed by atoms with van der Waals surface area (Å²) in [5.41, 5.74) is 1.32. The molecule has 7 heteroatoms. The molecule has 0 bridgehead atoms. The molecular weight excluding hydrogens is 351 g/mol. The number of carbonyl (C=O) groups is 1. The zero-order chi connectivity index (χ0) is 18.5. The van der Waals surface area contributed by atoms with E-state index < -0.39 is 0 Å². The largest absolute Gasteiger partial charge is 0.309 e. The summed E-state index contributed by atoms with van der Waals surface area (Å²) < 4.78 is 14.1. The van der Waals surface area contributed by atoms with E-state index in [0.29, 0.717) is 21.8 Å². The Balaban J connectivity index is 1.80. The van der Waals surface area contributed by atoms with Crippen LogP contribution in [0.1, 0.15) is 15.4 Å². The fourth-order valence-corrected chi connectivity index (χ4v) is 3.21. The number of hydrogen-bond donors (Lipinski definition) is 1. The van der Waals surface area contributed by atoms with Crippen molar-refractivity contribution in [3.63, 3.8) is 0 Å². The normalized spacial score (nSPS) is 10.9. The number of rotatable bonds is 6. The SMILES string of the molecule is CN(C)CCc1nnc(NC(=O)c2ccccc2-c2ccccc2F)s1. The van der Waals surface area contributed by atoms with Crippen LogP contribution in [-0.2, 0) is 6.42 Å². The van der Waals surface area contributed by atoms with Crippen molar-refractivity contribution in [2.75, 3.05) is 26.0 Å². The lowest BCUT2D eigenvalue weighted by atomic mass is 9.99. The summed E-state index contributed by atoms with van der Waals surface area (Å²) in [5.74, 6) is -0.700. The molecule has 1 amide bonds. The number of nitrogens with one attached hydrogen (secondary N) is 1. The lowest BCUT2D eigenvalue weighted by molar-refractivity contribution is 0.102. The number of carbonyl (C=O) groups excluding carboxylic acids is 1. The summed E-state index contributed by atoms with van der Waals surface area (Å²) in [4.78, 5) is 14.8. The number of aromatic nitrogens is 2. The van der Waals surface area contributed by atoms with Gasteiger partial charge in [-0.15, -0.1) is 10.2 Å². The van der Waals surface area contributed by atoms with Crippen LogP contribution in [0.15, 0.2) is 48.5 Å². The molecule has 1 heterocycles. The van der Waals surface area contributed by atoms with Gasteiger partial charge in [0.05, 0.1) is 0 Å². The Morgan fingerprint density at radius 1 is 1.08 bits per heavy atom. The summed E-state index contributed by atoms with van der Waals surface area (Å²) in [7, 11) is 3.98. The molecule has 0 radical (unpaired) electrons. The number of anilines is 1. The quantitative estimate of drug-likeness (QED) is 0.719. The topological polar surface area (TPSA) is 58.1 Å². The van der Waals surface area contributed by atoms with Gasteiger partial charge in [-0.1, -0.05) is 47.7 Å². The molecule has 0 spiro atoms. The molecule has 0 aliphatic carbocycles. The summed E-state index contributed by atoms with van der Waals surface area (Å²) in [6.07, 6.45) is 0.770. The highest BCUT2D eigenvalue weighted by Crippen LogP contribution is 2.27. The van der Waals surface area contributed by atoms with Crippen LogP contribution in [0, 0.1) is 5.82 Å². The highest BCUT2D eigenvalue weighted by molar-refractivity contribution is 7.15. The maximum absolute atomic E-state index is 14.1. The Labute approximate surface area is 155 Å². The van der Waals surface area contributed by atoms with Crippen LogP contribution in [0.25, 0.3) is 11.1 Å². The fraction of sp³-hybridized carbons (Fsp3) is 0.211. The third-order valence-corrected chi connectivity index (χ3v) is 4.69. The molecule has 26 heavy (non-hydrogen) atoms. The summed E-state index contributed by atoms with van der Waals surface area (Å²) >= 11 is 1.35. The third-order valence-electron chi connectivity index (χ3n) is 3.80. The molecule has 5 nitrogen and oxygen atoms in total. The van der Waals surface area contributed by atoms with Crippen molar-refractivity contribution in [2.24, 2.45) is 0 Å². The molecule has 3 aromatic rings. The van der Waals surface area contributed by atoms with Gasteiger partial charge in [-0.25, -0.2) is 4.39 Å². The smallest absolute Gasteiger partial charge is 0.258 e. The molecule has 1 aromatic heterocycles. The molecule has 2 aromatic carbocycles. The van der Waals surface area contributed by atoms with Crippen LogP contribution in [0.2, 0.25) is 0 Å². The molecule has 0 saturated carbocycles. The van der Waals surface area contributed by atoms with Gasteiger partial charge < -0.3 is 4.90 Å². The maximum atomic E-state index is 14.1. The number of amides is 1. The number of likely N-dealkylation sites (N-methyl/N-ethyl adjacent to an activating group) is 1. The Morgan fingerprint density at radius 3 is 2.50 bits per heavy atom. The molecule has 0 aliphatic rings. The van der Waals surface area contributed by atoms with Crippen LogP contribution >= 0.6 is 11.3 Å². The van der Waals surface area contributed by atoms with E-state index in [0.717, 1.165) is 18.0 Å². The van der Waals surface area contributed by atoms with Gasteiger partial charge in [-0.3, -0.25) is 10.1 Å². The van der Waals surface area contributed by atoms with Gasteiger partial charge >= 0.3 is 0 Å². The monoisotopic (exact) mass is 370 g/mol. The Kier molecular flexibility index (Phi) is 5.70. The second-order valence-corrected chi connectivity index (χ2v) is 7.10. The minimum absolute atomic E-state index is 0.334. The number of benzene rings is 2. The van der Waals surface area contributed by atoms with E-state index in [1.165, 1.54) is 17.4 Å². The van der Waals surface area contributed by atoms with Crippen molar-refractivity contribution >= 4 is 22.4 Å². The molecule has 0 saturated heterocycles. The second-order valence-electron chi connectivity index (χ2n) is 6.03. The van der Waals surface area contributed by atoms with E-state index in [1.807, 2.05) is 14.1 Å². The summed E-state index contributed by atoms with van der Waals surface area (Å²) in [6.45, 7) is 0.860. The first kappa shape index (κ1) is 18.2. The maximum Gasteiger partial charge on any atom is 0.258 e. The number of hydrogen-bond acceptors (Lipinski definition) is 5. The Hall–Kier alpha value is -2.64. The van der Waals surface area contributed by atoms with E-state index in [9.17, 15) is 9.18 Å². The highest BCUT2D eigenvalue weighted by Gasteiger charge is 2.16. The molecule has 0 atom stereocenters. The molecule has 134 valence electrons. The average molecular weight is 370 g/mol. The van der Waals surface area contributed by atoms with Crippen LogP contribution < -0.4 is 5.32 Å². The van der Waals surface area contributed by atoms with Gasteiger partial charge in [-0.05, 0) is 31.8 Å². The third kappa shape index (κ3) is 4.30. The standard InChI is InChI=1S/C19H19FN4OS/c1-24(2)12-11-17-22-23-19(26-17)21-18(25)15-9-4-3-7-13(15)14-8-5-6-10-16(14)20/h3-10H,11-12H2,1-2H3,(H,21,23,25). The van der Waals surface area contributed by atoms with Gasteiger partial charge in [0.15, 0.2) is 0 Å². The van der Waals surface area contributed by atoms with E-state index in [4.69, 9.17) is 0 Å². The van der Waals surface area contributed by atoms with E-state index in [1.54, 1.807) is 42.5 Å². The van der Waals surface area contributed by atoms with Crippen LogP contribution in [-0.4, -0.2) is 41.6 Å². The number of halogens is 1. The minimum Gasteiger partial charge on any atom is -0.309 e. The van der Waals surface area contributed by atoms with Crippen molar-refractivity contribution in [2.45, 2.75) is 6.42 Å². The predicted octanol–water partition coefficient (Wildman–Crippen LogP) is 3.70. The fourth-order valence-electron chi connectivity index (χ4n) is 2.48. The van der Waals surface area contributed by atoms with Gasteiger partial charge in [0, 0.05) is 24.1 Å². The van der Waals surface area contributed by atoms with E-state index >= 15 is 0 Å².